The van der Waals surface area contributed by atoms with Crippen LogP contribution in [0.1, 0.15) is 44.9 Å². The van der Waals surface area contributed by atoms with Crippen molar-refractivity contribution in [1.82, 2.24) is 9.80 Å². The van der Waals surface area contributed by atoms with E-state index < -0.39 is 0 Å². The third-order valence-corrected chi connectivity index (χ3v) is 5.11. The Balaban J connectivity index is 1.67. The van der Waals surface area contributed by atoms with Crippen LogP contribution in [0.2, 0.25) is 0 Å². The minimum atomic E-state index is 0.330. The molecule has 2 rings (SSSR count). The highest BCUT2D eigenvalue weighted by atomic mass is 15.1. The predicted molar refractivity (Wildman–Crippen MR) is 78.8 cm³/mol. The number of nitriles is 1. The van der Waals surface area contributed by atoms with E-state index in [1.807, 2.05) is 0 Å². The SMILES string of the molecule is CN1CCCC(CCN(C)C2CCC(C#N)CC2)C1. The van der Waals surface area contributed by atoms with Crippen molar-refractivity contribution in [2.24, 2.45) is 11.8 Å². The van der Waals surface area contributed by atoms with Gasteiger partial charge in [0.15, 0.2) is 0 Å². The molecule has 1 heterocycles. The van der Waals surface area contributed by atoms with Gasteiger partial charge in [-0.1, -0.05) is 0 Å². The van der Waals surface area contributed by atoms with Gasteiger partial charge in [-0.25, -0.2) is 0 Å². The van der Waals surface area contributed by atoms with Crippen LogP contribution >= 0.6 is 0 Å². The van der Waals surface area contributed by atoms with Gasteiger partial charge in [-0.05, 0) is 78.0 Å². The second kappa shape index (κ2) is 7.26. The number of hydrogen-bond donors (Lipinski definition) is 0. The van der Waals surface area contributed by atoms with E-state index >= 15 is 0 Å². The molecule has 0 bridgehead atoms. The summed E-state index contributed by atoms with van der Waals surface area (Å²) in [5.41, 5.74) is 0. The molecular weight excluding hydrogens is 234 g/mol. The van der Waals surface area contributed by atoms with E-state index in [0.717, 1.165) is 24.8 Å². The van der Waals surface area contributed by atoms with Crippen molar-refractivity contribution in [2.75, 3.05) is 33.7 Å². The Morgan fingerprint density at radius 2 is 1.95 bits per heavy atom. The summed E-state index contributed by atoms with van der Waals surface area (Å²) in [5.74, 6) is 1.23. The normalized spacial score (nSPS) is 33.3. The monoisotopic (exact) mass is 263 g/mol. The fourth-order valence-corrected chi connectivity index (χ4v) is 3.72. The van der Waals surface area contributed by atoms with Crippen molar-refractivity contribution in [1.29, 1.82) is 5.26 Å². The maximum Gasteiger partial charge on any atom is 0.0655 e. The quantitative estimate of drug-likeness (QED) is 0.781. The van der Waals surface area contributed by atoms with Gasteiger partial charge < -0.3 is 9.80 Å². The van der Waals surface area contributed by atoms with Crippen LogP contribution in [0.15, 0.2) is 0 Å². The van der Waals surface area contributed by atoms with Crippen LogP contribution in [0.25, 0.3) is 0 Å². The van der Waals surface area contributed by atoms with Crippen molar-refractivity contribution in [3.05, 3.63) is 0 Å². The lowest BCUT2D eigenvalue weighted by Crippen LogP contribution is -2.38. The van der Waals surface area contributed by atoms with E-state index in [-0.39, 0.29) is 0 Å². The summed E-state index contributed by atoms with van der Waals surface area (Å²) in [4.78, 5) is 5.04. The molecule has 1 atom stereocenters. The lowest BCUT2D eigenvalue weighted by molar-refractivity contribution is 0.146. The zero-order chi connectivity index (χ0) is 13.7. The maximum atomic E-state index is 8.95. The third kappa shape index (κ3) is 4.47. The number of nitrogens with zero attached hydrogens (tertiary/aromatic N) is 3. The van der Waals surface area contributed by atoms with E-state index in [0.29, 0.717) is 5.92 Å². The van der Waals surface area contributed by atoms with E-state index in [4.69, 9.17) is 5.26 Å². The van der Waals surface area contributed by atoms with Gasteiger partial charge in [-0.15, -0.1) is 0 Å². The van der Waals surface area contributed by atoms with Gasteiger partial charge in [0.2, 0.25) is 0 Å². The van der Waals surface area contributed by atoms with Crippen LogP contribution < -0.4 is 0 Å². The van der Waals surface area contributed by atoms with Crippen molar-refractivity contribution in [2.45, 2.75) is 51.0 Å². The minimum Gasteiger partial charge on any atom is -0.306 e. The zero-order valence-corrected chi connectivity index (χ0v) is 12.6. The molecule has 3 nitrogen and oxygen atoms in total. The summed E-state index contributed by atoms with van der Waals surface area (Å²) < 4.78 is 0. The summed E-state index contributed by atoms with van der Waals surface area (Å²) in [6.45, 7) is 3.81. The highest BCUT2D eigenvalue weighted by Gasteiger charge is 2.24. The van der Waals surface area contributed by atoms with Crippen LogP contribution in [-0.4, -0.2) is 49.6 Å². The molecule has 0 aromatic rings. The number of likely N-dealkylation sites (tertiary alicyclic amines) is 1. The fraction of sp³-hybridized carbons (Fsp3) is 0.938. The molecule has 1 saturated heterocycles. The highest BCUT2D eigenvalue weighted by molar-refractivity contribution is 4.89. The fourth-order valence-electron chi connectivity index (χ4n) is 3.72. The summed E-state index contributed by atoms with van der Waals surface area (Å²) in [5, 5.41) is 8.95. The van der Waals surface area contributed by atoms with Crippen molar-refractivity contribution in [3.8, 4) is 6.07 Å². The Morgan fingerprint density at radius 1 is 1.21 bits per heavy atom. The van der Waals surface area contributed by atoms with Gasteiger partial charge >= 0.3 is 0 Å². The Kier molecular flexibility index (Phi) is 5.66. The molecule has 1 saturated carbocycles. The molecule has 0 aromatic heterocycles. The highest BCUT2D eigenvalue weighted by Crippen LogP contribution is 2.27. The first-order chi connectivity index (χ1) is 9.19. The second-order valence-corrected chi connectivity index (χ2v) is 6.67. The van der Waals surface area contributed by atoms with E-state index in [2.05, 4.69) is 30.0 Å². The first-order valence-electron chi connectivity index (χ1n) is 7.97. The number of hydrogen-bond acceptors (Lipinski definition) is 3. The molecule has 3 heteroatoms. The average Bonchev–Trinajstić information content (AvgIpc) is 2.45. The third-order valence-electron chi connectivity index (χ3n) is 5.11. The summed E-state index contributed by atoms with van der Waals surface area (Å²) in [6, 6.07) is 3.16. The average molecular weight is 263 g/mol. The number of rotatable bonds is 4. The second-order valence-electron chi connectivity index (χ2n) is 6.67. The molecule has 1 aliphatic carbocycles. The Bertz CT molecular complexity index is 302. The molecular formula is C16H29N3. The lowest BCUT2D eigenvalue weighted by atomic mass is 9.86. The Labute approximate surface area is 118 Å². The standard InChI is InChI=1S/C16H29N3/c1-18-10-3-4-15(13-18)9-11-19(2)16-7-5-14(12-17)6-8-16/h14-16H,3-11,13H2,1-2H3. The van der Waals surface area contributed by atoms with Gasteiger partial charge in [0.05, 0.1) is 6.07 Å². The minimum absolute atomic E-state index is 0.330. The van der Waals surface area contributed by atoms with Gasteiger partial charge in [0.1, 0.15) is 0 Å². The van der Waals surface area contributed by atoms with Crippen LogP contribution in [0, 0.1) is 23.2 Å². The molecule has 1 unspecified atom stereocenters. The van der Waals surface area contributed by atoms with E-state index in [9.17, 15) is 0 Å². The first kappa shape index (κ1) is 14.8. The zero-order valence-electron chi connectivity index (χ0n) is 12.6. The molecule has 2 aliphatic rings. The molecule has 0 amide bonds. The molecule has 19 heavy (non-hydrogen) atoms. The first-order valence-corrected chi connectivity index (χ1v) is 7.97. The van der Waals surface area contributed by atoms with E-state index in [1.165, 1.54) is 51.7 Å². The molecule has 0 spiro atoms. The van der Waals surface area contributed by atoms with Crippen molar-refractivity contribution >= 4 is 0 Å². The van der Waals surface area contributed by atoms with Crippen molar-refractivity contribution < 1.29 is 0 Å². The summed E-state index contributed by atoms with van der Waals surface area (Å²) in [6.07, 6.45) is 8.80. The molecule has 2 fully saturated rings. The van der Waals surface area contributed by atoms with Crippen LogP contribution in [0.3, 0.4) is 0 Å². The largest absolute Gasteiger partial charge is 0.306 e. The number of piperidine rings is 1. The van der Waals surface area contributed by atoms with Crippen molar-refractivity contribution in [3.63, 3.8) is 0 Å². The van der Waals surface area contributed by atoms with Gasteiger partial charge in [0.25, 0.3) is 0 Å². The maximum absolute atomic E-state index is 8.95. The van der Waals surface area contributed by atoms with E-state index in [1.54, 1.807) is 0 Å². The molecule has 0 aromatic carbocycles. The summed E-state index contributed by atoms with van der Waals surface area (Å²) >= 11 is 0. The van der Waals surface area contributed by atoms with Crippen LogP contribution in [-0.2, 0) is 0 Å². The molecule has 0 radical (unpaired) electrons. The van der Waals surface area contributed by atoms with Gasteiger partial charge in [-0.2, -0.15) is 5.26 Å². The lowest BCUT2D eigenvalue weighted by Gasteiger charge is -2.35. The molecule has 108 valence electrons. The predicted octanol–water partition coefficient (Wildman–Crippen LogP) is 2.73. The van der Waals surface area contributed by atoms with Gasteiger partial charge in [-0.3, -0.25) is 0 Å². The van der Waals surface area contributed by atoms with Gasteiger partial charge in [0, 0.05) is 18.5 Å². The smallest absolute Gasteiger partial charge is 0.0655 e. The topological polar surface area (TPSA) is 30.3 Å². The van der Waals surface area contributed by atoms with Crippen LogP contribution in [0.5, 0.6) is 0 Å². The Morgan fingerprint density at radius 3 is 2.58 bits per heavy atom. The van der Waals surface area contributed by atoms with Crippen LogP contribution in [0.4, 0.5) is 0 Å². The Hall–Kier alpha value is -0.590. The molecule has 1 aliphatic heterocycles. The summed E-state index contributed by atoms with van der Waals surface area (Å²) in [7, 11) is 4.53. The molecule has 0 N–H and O–H groups in total.